The van der Waals surface area contributed by atoms with Crippen LogP contribution in [-0.4, -0.2) is 52.0 Å². The van der Waals surface area contributed by atoms with Crippen LogP contribution in [0, 0.1) is 5.92 Å². The van der Waals surface area contributed by atoms with Crippen molar-refractivity contribution in [3.8, 4) is 0 Å². The molecule has 0 spiro atoms. The van der Waals surface area contributed by atoms with Crippen LogP contribution >= 0.6 is 0 Å². The number of rotatable bonds is 21. The lowest BCUT2D eigenvalue weighted by molar-refractivity contribution is -0.286. The van der Waals surface area contributed by atoms with Crippen molar-refractivity contribution in [2.75, 3.05) is 6.61 Å². The molecule has 0 bridgehead atoms. The summed E-state index contributed by atoms with van der Waals surface area (Å²) in [5.41, 5.74) is 3.01. The second-order valence-electron chi connectivity index (χ2n) is 14.8. The third kappa shape index (κ3) is 13.6. The molecule has 6 nitrogen and oxygen atoms in total. The molecular weight excluding hydrogens is 672 g/mol. The second-order valence-corrected chi connectivity index (χ2v) is 18.1. The highest BCUT2D eigenvalue weighted by Gasteiger charge is 2.51. The highest BCUT2D eigenvalue weighted by molar-refractivity contribution is 6.64. The van der Waals surface area contributed by atoms with Crippen molar-refractivity contribution in [2.24, 2.45) is 5.92 Å². The van der Waals surface area contributed by atoms with Crippen molar-refractivity contribution in [2.45, 2.75) is 141 Å². The van der Waals surface area contributed by atoms with Crippen molar-refractivity contribution in [3.05, 3.63) is 120 Å². The van der Waals surface area contributed by atoms with Gasteiger partial charge in [0.25, 0.3) is 0 Å². The SMILES string of the molecule is CCCCCCC(/C=C/C1CCCCC1)O[Si](C)(C)O[C@@H]1[C@@H](OCc2ccccc2)[C@H](OCc2ccccc2)[C@@H](COCc2ccccc2)O[C@H]1F. The van der Waals surface area contributed by atoms with Gasteiger partial charge in [-0.15, -0.1) is 0 Å². The van der Waals surface area contributed by atoms with Gasteiger partial charge in [0.15, 0.2) is 0 Å². The van der Waals surface area contributed by atoms with Gasteiger partial charge in [0, 0.05) is 0 Å². The Kier molecular flexibility index (Phi) is 17.0. The first-order chi connectivity index (χ1) is 25.4. The third-order valence-corrected chi connectivity index (χ3v) is 11.7. The smallest absolute Gasteiger partial charge is 0.332 e. The summed E-state index contributed by atoms with van der Waals surface area (Å²) in [6, 6.07) is 29.8. The molecule has 3 aromatic rings. The minimum absolute atomic E-state index is 0.0871. The molecule has 8 heteroatoms. The van der Waals surface area contributed by atoms with E-state index in [1.54, 1.807) is 0 Å². The minimum atomic E-state index is -2.95. The van der Waals surface area contributed by atoms with E-state index in [2.05, 4.69) is 19.1 Å². The molecule has 52 heavy (non-hydrogen) atoms. The third-order valence-electron chi connectivity index (χ3n) is 9.99. The van der Waals surface area contributed by atoms with Crippen LogP contribution in [0.15, 0.2) is 103 Å². The molecule has 3 aromatic carbocycles. The summed E-state index contributed by atoms with van der Waals surface area (Å²) in [6.07, 6.45) is 11.5. The molecule has 6 atom stereocenters. The Morgan fingerprint density at radius 1 is 0.731 bits per heavy atom. The molecule has 1 saturated heterocycles. The first-order valence-electron chi connectivity index (χ1n) is 19.7. The standard InChI is InChI=1S/C44H61FO6Si/c1-4-5-6-19-28-39(30-29-35-20-11-7-12-21-35)50-52(2,3)51-43-42(48-33-38-26-17-10-18-27-38)41(47-32-37-24-15-9-16-25-37)40(49-44(43)45)34-46-31-36-22-13-8-14-23-36/h8-10,13-18,22-27,29-30,35,39-44H,4-7,11-12,19-21,28,31-34H2,1-3H3/b30-29+/t39?,40-,41-,42+,43-,44-/m1/s1. The van der Waals surface area contributed by atoms with Gasteiger partial charge in [-0.2, -0.15) is 0 Å². The molecule has 1 heterocycles. The van der Waals surface area contributed by atoms with E-state index in [1.165, 1.54) is 51.4 Å². The van der Waals surface area contributed by atoms with Crippen molar-refractivity contribution >= 4 is 8.56 Å². The molecule has 1 saturated carbocycles. The van der Waals surface area contributed by atoms with E-state index in [0.717, 1.165) is 29.5 Å². The first-order valence-corrected chi connectivity index (χ1v) is 22.5. The van der Waals surface area contributed by atoms with E-state index in [4.69, 9.17) is 27.8 Å². The zero-order valence-corrected chi connectivity index (χ0v) is 32.6. The topological polar surface area (TPSA) is 55.4 Å². The zero-order chi connectivity index (χ0) is 36.4. The lowest BCUT2D eigenvalue weighted by Crippen LogP contribution is -2.62. The Bertz CT molecular complexity index is 1400. The quantitative estimate of drug-likeness (QED) is 0.0617. The number of allylic oxidation sites excluding steroid dienone is 1. The van der Waals surface area contributed by atoms with Crippen LogP contribution in [0.4, 0.5) is 4.39 Å². The van der Waals surface area contributed by atoms with E-state index in [1.807, 2.05) is 104 Å². The van der Waals surface area contributed by atoms with Crippen molar-refractivity contribution in [1.29, 1.82) is 0 Å². The molecule has 1 unspecified atom stereocenters. The monoisotopic (exact) mass is 732 g/mol. The number of alkyl halides is 1. The fourth-order valence-electron chi connectivity index (χ4n) is 7.21. The van der Waals surface area contributed by atoms with Gasteiger partial charge < -0.3 is 27.8 Å². The summed E-state index contributed by atoms with van der Waals surface area (Å²) < 4.78 is 55.7. The summed E-state index contributed by atoms with van der Waals surface area (Å²) in [5.74, 6) is 0.600. The first kappa shape index (κ1) is 40.5. The van der Waals surface area contributed by atoms with Crippen molar-refractivity contribution in [3.63, 3.8) is 0 Å². The van der Waals surface area contributed by atoms with Crippen LogP contribution in [0.1, 0.15) is 87.8 Å². The summed E-state index contributed by atoms with van der Waals surface area (Å²) in [6.45, 7) is 7.34. The number of halogens is 1. The highest BCUT2D eigenvalue weighted by atomic mass is 28.4. The Morgan fingerprint density at radius 3 is 1.90 bits per heavy atom. The maximum atomic E-state index is 16.5. The Morgan fingerprint density at radius 2 is 1.31 bits per heavy atom. The van der Waals surface area contributed by atoms with Crippen LogP contribution in [0.2, 0.25) is 13.1 Å². The van der Waals surface area contributed by atoms with Crippen LogP contribution in [0.3, 0.4) is 0 Å². The summed E-state index contributed by atoms with van der Waals surface area (Å²) in [7, 11) is -2.95. The molecule has 1 aliphatic carbocycles. The van der Waals surface area contributed by atoms with Crippen LogP contribution in [0.25, 0.3) is 0 Å². The van der Waals surface area contributed by atoms with Crippen LogP contribution < -0.4 is 0 Å². The van der Waals surface area contributed by atoms with E-state index in [9.17, 15) is 0 Å². The lowest BCUT2D eigenvalue weighted by atomic mass is 9.88. The van der Waals surface area contributed by atoms with E-state index in [-0.39, 0.29) is 19.3 Å². The number of hydrogen-bond donors (Lipinski definition) is 0. The van der Waals surface area contributed by atoms with Gasteiger partial charge in [-0.1, -0.05) is 155 Å². The lowest BCUT2D eigenvalue weighted by Gasteiger charge is -2.45. The summed E-state index contributed by atoms with van der Waals surface area (Å²) in [4.78, 5) is 0. The average Bonchev–Trinajstić information content (AvgIpc) is 3.17. The molecule has 284 valence electrons. The average molecular weight is 733 g/mol. The van der Waals surface area contributed by atoms with Gasteiger partial charge in [-0.05, 0) is 55.0 Å². The zero-order valence-electron chi connectivity index (χ0n) is 31.6. The maximum absolute atomic E-state index is 16.5. The molecular formula is C44H61FO6Si. The van der Waals surface area contributed by atoms with Crippen molar-refractivity contribution < 1.29 is 32.2 Å². The van der Waals surface area contributed by atoms with Gasteiger partial charge in [0.05, 0.1) is 32.5 Å². The molecule has 0 N–H and O–H groups in total. The van der Waals surface area contributed by atoms with Crippen LogP contribution in [0.5, 0.6) is 0 Å². The number of ether oxygens (including phenoxy) is 4. The van der Waals surface area contributed by atoms with Gasteiger partial charge >= 0.3 is 8.56 Å². The number of unbranched alkanes of at least 4 members (excludes halogenated alkanes) is 3. The van der Waals surface area contributed by atoms with E-state index in [0.29, 0.717) is 19.1 Å². The largest absolute Gasteiger partial charge is 0.388 e. The summed E-state index contributed by atoms with van der Waals surface area (Å²) in [5, 5.41) is 0. The maximum Gasteiger partial charge on any atom is 0.332 e. The molecule has 0 amide bonds. The molecule has 5 rings (SSSR count). The van der Waals surface area contributed by atoms with Gasteiger partial charge in [-0.25, -0.2) is 4.39 Å². The van der Waals surface area contributed by atoms with Crippen LogP contribution in [-0.2, 0) is 47.6 Å². The van der Waals surface area contributed by atoms with E-state index >= 15 is 4.39 Å². The van der Waals surface area contributed by atoms with Gasteiger partial charge in [0.2, 0.25) is 6.36 Å². The highest BCUT2D eigenvalue weighted by Crippen LogP contribution is 2.34. The Labute approximate surface area is 313 Å². The predicted molar refractivity (Wildman–Crippen MR) is 208 cm³/mol. The van der Waals surface area contributed by atoms with E-state index < -0.39 is 39.3 Å². The number of benzene rings is 3. The van der Waals surface area contributed by atoms with Gasteiger partial charge in [0.1, 0.15) is 24.4 Å². The number of hydrogen-bond acceptors (Lipinski definition) is 6. The molecule has 2 aliphatic rings. The minimum Gasteiger partial charge on any atom is -0.388 e. The predicted octanol–water partition coefficient (Wildman–Crippen LogP) is 10.6. The van der Waals surface area contributed by atoms with Gasteiger partial charge in [-0.3, -0.25) is 0 Å². The second kappa shape index (κ2) is 21.9. The molecule has 0 radical (unpaired) electrons. The normalized spacial score (nSPS) is 23.6. The Balaban J connectivity index is 1.36. The molecule has 2 fully saturated rings. The summed E-state index contributed by atoms with van der Waals surface area (Å²) >= 11 is 0. The fourth-order valence-corrected chi connectivity index (χ4v) is 9.09. The molecule has 1 aliphatic heterocycles. The fraction of sp³-hybridized carbons (Fsp3) is 0.545. The Hall–Kier alpha value is -2.69. The van der Waals surface area contributed by atoms with Crippen molar-refractivity contribution in [1.82, 2.24) is 0 Å². The molecule has 0 aromatic heterocycles.